The van der Waals surface area contributed by atoms with Gasteiger partial charge in [-0.25, -0.2) is 0 Å². The number of carbonyl (C=O) groups excluding carboxylic acids is 2. The van der Waals surface area contributed by atoms with E-state index in [1.807, 2.05) is 21.1 Å². The lowest BCUT2D eigenvalue weighted by molar-refractivity contribution is -0.870. The Hall–Kier alpha value is -1.77. The summed E-state index contributed by atoms with van der Waals surface area (Å²) in [5.74, 6) is -0.888. The van der Waals surface area contributed by atoms with Crippen molar-refractivity contribution >= 4 is 19.8 Å². The second-order valence-corrected chi connectivity index (χ2v) is 14.6. The molecular formula is C37H68NO8P. The molecule has 0 spiro atoms. The van der Waals surface area contributed by atoms with E-state index in [9.17, 15) is 19.0 Å². The highest BCUT2D eigenvalue weighted by molar-refractivity contribution is 7.45. The van der Waals surface area contributed by atoms with Crippen LogP contribution >= 0.6 is 7.82 Å². The Kier molecular flexibility index (Phi) is 29.2. The van der Waals surface area contributed by atoms with E-state index in [-0.39, 0.29) is 26.1 Å². The number of hydrogen-bond donors (Lipinski definition) is 0. The van der Waals surface area contributed by atoms with Crippen LogP contribution in [0.2, 0.25) is 0 Å². The maximum atomic E-state index is 12.5. The van der Waals surface area contributed by atoms with Gasteiger partial charge >= 0.3 is 11.9 Å². The van der Waals surface area contributed by atoms with Gasteiger partial charge in [0.2, 0.25) is 0 Å². The van der Waals surface area contributed by atoms with Crippen molar-refractivity contribution in [1.82, 2.24) is 0 Å². The van der Waals surface area contributed by atoms with Gasteiger partial charge in [-0.1, -0.05) is 108 Å². The van der Waals surface area contributed by atoms with Crippen molar-refractivity contribution in [3.63, 3.8) is 0 Å². The van der Waals surface area contributed by atoms with Crippen LogP contribution in [0.15, 0.2) is 36.5 Å². The lowest BCUT2D eigenvalue weighted by atomic mass is 10.1. The number of rotatable bonds is 32. The minimum Gasteiger partial charge on any atom is -0.756 e. The fourth-order valence-electron chi connectivity index (χ4n) is 4.48. The summed E-state index contributed by atoms with van der Waals surface area (Å²) in [5, 5.41) is 0. The number of esters is 2. The fourth-order valence-corrected chi connectivity index (χ4v) is 5.21. The maximum Gasteiger partial charge on any atom is 0.306 e. The molecular weight excluding hydrogens is 617 g/mol. The minimum atomic E-state index is -4.62. The van der Waals surface area contributed by atoms with Crippen molar-refractivity contribution in [2.45, 2.75) is 142 Å². The lowest BCUT2D eigenvalue weighted by Crippen LogP contribution is -2.37. The smallest absolute Gasteiger partial charge is 0.306 e. The summed E-state index contributed by atoms with van der Waals surface area (Å²) < 4.78 is 33.6. The van der Waals surface area contributed by atoms with Crippen molar-refractivity contribution in [1.29, 1.82) is 0 Å². The Morgan fingerprint density at radius 2 is 1.15 bits per heavy atom. The predicted octanol–water partition coefficient (Wildman–Crippen LogP) is 8.77. The predicted molar refractivity (Wildman–Crippen MR) is 190 cm³/mol. The summed E-state index contributed by atoms with van der Waals surface area (Å²) in [7, 11) is 1.13. The first kappa shape index (κ1) is 45.2. The minimum absolute atomic E-state index is 0.0381. The number of likely N-dealkylation sites (N-methyl/N-ethyl adjacent to an activating group) is 1. The Morgan fingerprint density at radius 3 is 1.74 bits per heavy atom. The van der Waals surface area contributed by atoms with Gasteiger partial charge in [-0.3, -0.25) is 14.2 Å². The summed E-state index contributed by atoms with van der Waals surface area (Å²) in [6.07, 6.45) is 30.4. The highest BCUT2D eigenvalue weighted by Gasteiger charge is 2.21. The van der Waals surface area contributed by atoms with Gasteiger partial charge in [0.05, 0.1) is 27.7 Å². The number of allylic oxidation sites excluding steroid dienone is 6. The average molecular weight is 686 g/mol. The standard InChI is InChI=1S/C37H68NO8P/c1-6-8-10-12-14-16-17-18-19-20-21-22-24-26-28-30-37(40)46-35(34-45-47(41,42)44-32-31-38(3,4)5)33-43-36(39)29-27-25-23-15-13-11-9-7-2/h14,16,18-19,21-22,35H,6-13,15,17,20,23-34H2,1-5H3/b16-14+,19-18+,22-21+/t35-/m1/s1. The van der Waals surface area contributed by atoms with Gasteiger partial charge in [0, 0.05) is 12.8 Å². The van der Waals surface area contributed by atoms with Crippen molar-refractivity contribution in [3.05, 3.63) is 36.5 Å². The molecule has 10 heteroatoms. The first-order chi connectivity index (χ1) is 22.5. The van der Waals surface area contributed by atoms with Crippen molar-refractivity contribution in [2.75, 3.05) is 47.5 Å². The lowest BCUT2D eigenvalue weighted by Gasteiger charge is -2.28. The van der Waals surface area contributed by atoms with E-state index in [0.717, 1.165) is 51.4 Å². The summed E-state index contributed by atoms with van der Waals surface area (Å²) in [6.45, 7) is 4.09. The number of phosphoric acid groups is 1. The second-order valence-electron chi connectivity index (χ2n) is 13.2. The topological polar surface area (TPSA) is 111 Å². The molecule has 0 heterocycles. The Balaban J connectivity index is 4.53. The number of quaternary nitrogens is 1. The van der Waals surface area contributed by atoms with Gasteiger partial charge in [-0.15, -0.1) is 0 Å². The molecule has 1 unspecified atom stereocenters. The van der Waals surface area contributed by atoms with Crippen molar-refractivity contribution in [3.8, 4) is 0 Å². The van der Waals surface area contributed by atoms with Gasteiger partial charge in [0.1, 0.15) is 19.8 Å². The maximum absolute atomic E-state index is 12.5. The van der Waals surface area contributed by atoms with Crippen LogP contribution in [0.1, 0.15) is 136 Å². The van der Waals surface area contributed by atoms with Gasteiger partial charge in [-0.2, -0.15) is 0 Å². The third-order valence-electron chi connectivity index (χ3n) is 7.41. The van der Waals surface area contributed by atoms with Crippen LogP contribution < -0.4 is 4.89 Å². The van der Waals surface area contributed by atoms with Crippen molar-refractivity contribution < 1.29 is 42.1 Å². The first-order valence-electron chi connectivity index (χ1n) is 18.2. The largest absolute Gasteiger partial charge is 0.756 e. The van der Waals surface area contributed by atoms with E-state index in [0.29, 0.717) is 17.4 Å². The van der Waals surface area contributed by atoms with Crippen LogP contribution in [0.4, 0.5) is 0 Å². The van der Waals surface area contributed by atoms with Crippen LogP contribution in [0.3, 0.4) is 0 Å². The Labute approximate surface area is 287 Å². The molecule has 47 heavy (non-hydrogen) atoms. The normalized spacial score (nSPS) is 14.3. The third-order valence-corrected chi connectivity index (χ3v) is 8.38. The van der Waals surface area contributed by atoms with E-state index >= 15 is 0 Å². The molecule has 0 fully saturated rings. The van der Waals surface area contributed by atoms with E-state index in [2.05, 4.69) is 50.3 Å². The van der Waals surface area contributed by atoms with Crippen LogP contribution in [0.5, 0.6) is 0 Å². The summed E-state index contributed by atoms with van der Waals surface area (Å²) in [4.78, 5) is 37.1. The molecule has 0 rings (SSSR count). The second kappa shape index (κ2) is 30.3. The van der Waals surface area contributed by atoms with E-state index in [4.69, 9.17) is 18.5 Å². The molecule has 9 nitrogen and oxygen atoms in total. The molecule has 0 bridgehead atoms. The molecule has 0 aromatic rings. The van der Waals surface area contributed by atoms with Gasteiger partial charge < -0.3 is 27.9 Å². The van der Waals surface area contributed by atoms with Crippen molar-refractivity contribution in [2.24, 2.45) is 0 Å². The number of hydrogen-bond acceptors (Lipinski definition) is 8. The van der Waals surface area contributed by atoms with E-state index in [1.165, 1.54) is 51.4 Å². The molecule has 0 aromatic heterocycles. The highest BCUT2D eigenvalue weighted by atomic mass is 31.2. The molecule has 0 aromatic carbocycles. The number of ether oxygens (including phenoxy) is 2. The first-order valence-corrected chi connectivity index (χ1v) is 19.7. The molecule has 274 valence electrons. The number of nitrogens with zero attached hydrogens (tertiary/aromatic N) is 1. The number of unbranched alkanes of at least 4 members (excludes halogenated alkanes) is 12. The zero-order valence-electron chi connectivity index (χ0n) is 30.5. The Morgan fingerprint density at radius 1 is 0.660 bits per heavy atom. The average Bonchev–Trinajstić information content (AvgIpc) is 3.01. The molecule has 0 N–H and O–H groups in total. The highest BCUT2D eigenvalue weighted by Crippen LogP contribution is 2.38. The molecule has 0 saturated carbocycles. The van der Waals surface area contributed by atoms with Gasteiger partial charge in [0.25, 0.3) is 7.82 Å². The zero-order valence-corrected chi connectivity index (χ0v) is 31.4. The Bertz CT molecular complexity index is 913. The van der Waals surface area contributed by atoms with E-state index in [1.54, 1.807) is 0 Å². The fraction of sp³-hybridized carbons (Fsp3) is 0.784. The van der Waals surface area contributed by atoms with Crippen LogP contribution in [0, 0.1) is 0 Å². The third kappa shape index (κ3) is 33.9. The molecule has 0 saturated heterocycles. The molecule has 0 amide bonds. The monoisotopic (exact) mass is 685 g/mol. The summed E-state index contributed by atoms with van der Waals surface area (Å²) >= 11 is 0. The molecule has 0 aliphatic heterocycles. The molecule has 0 aliphatic rings. The zero-order chi connectivity index (χ0) is 35.1. The van der Waals surface area contributed by atoms with Gasteiger partial charge in [0.15, 0.2) is 6.10 Å². The van der Waals surface area contributed by atoms with Crippen LogP contribution in [-0.2, 0) is 32.7 Å². The molecule has 2 atom stereocenters. The number of carbonyl (C=O) groups is 2. The molecule has 0 radical (unpaired) electrons. The van der Waals surface area contributed by atoms with Gasteiger partial charge in [-0.05, 0) is 51.4 Å². The van der Waals surface area contributed by atoms with Crippen LogP contribution in [0.25, 0.3) is 0 Å². The quantitative estimate of drug-likeness (QED) is 0.0227. The summed E-state index contributed by atoms with van der Waals surface area (Å²) in [6, 6.07) is 0. The SMILES string of the molecule is CCCCC/C=C/C/C=C/C/C=C/CCCCC(=O)O[C@H](COC(=O)CCCCCCCCCC)COP(=O)([O-])OCC[N+](C)(C)C. The number of phosphoric ester groups is 1. The summed E-state index contributed by atoms with van der Waals surface area (Å²) in [5.41, 5.74) is 0. The van der Waals surface area contributed by atoms with E-state index < -0.39 is 32.5 Å². The molecule has 0 aliphatic carbocycles. The van der Waals surface area contributed by atoms with Crippen LogP contribution in [-0.4, -0.2) is 70.0 Å².